The number of aliphatic imine (C=N–C) groups is 1. The van der Waals surface area contributed by atoms with Crippen LogP contribution in [0, 0.1) is 0 Å². The summed E-state index contributed by atoms with van der Waals surface area (Å²) >= 11 is 1.85. The highest BCUT2D eigenvalue weighted by atomic mass is 32.2. The molecule has 0 aliphatic carbocycles. The van der Waals surface area contributed by atoms with E-state index in [0.717, 1.165) is 17.5 Å². The first-order valence-electron chi connectivity index (χ1n) is 4.47. The molecule has 68 valence electrons. The topological polar surface area (TPSA) is 27.6 Å². The van der Waals surface area contributed by atoms with Gasteiger partial charge in [-0.3, -0.25) is 4.99 Å². The number of amidine groups is 1. The molecule has 0 aromatic rings. The van der Waals surface area contributed by atoms with Gasteiger partial charge >= 0.3 is 0 Å². The van der Waals surface area contributed by atoms with Gasteiger partial charge in [-0.15, -0.1) is 0 Å². The fourth-order valence-corrected chi connectivity index (χ4v) is 2.46. The molecule has 0 aromatic heterocycles. The zero-order valence-corrected chi connectivity index (χ0v) is 8.23. The molecule has 0 radical (unpaired) electrons. The van der Waals surface area contributed by atoms with Crippen LogP contribution < -0.4 is 5.32 Å². The number of likely N-dealkylation sites (tertiary alicyclic amines) is 1. The second-order valence-corrected chi connectivity index (χ2v) is 4.51. The van der Waals surface area contributed by atoms with Crippen LogP contribution in [0.5, 0.6) is 0 Å². The van der Waals surface area contributed by atoms with Crippen LogP contribution in [0.4, 0.5) is 0 Å². The molecule has 4 heteroatoms. The van der Waals surface area contributed by atoms with Crippen molar-refractivity contribution in [2.75, 3.05) is 32.4 Å². The summed E-state index contributed by atoms with van der Waals surface area (Å²) < 4.78 is 0. The van der Waals surface area contributed by atoms with Crippen molar-refractivity contribution in [3.05, 3.63) is 0 Å². The zero-order chi connectivity index (χ0) is 8.39. The Morgan fingerprint density at radius 2 is 2.58 bits per heavy atom. The molecule has 3 nitrogen and oxygen atoms in total. The third-order valence-electron chi connectivity index (χ3n) is 2.30. The first-order chi connectivity index (χ1) is 5.84. The van der Waals surface area contributed by atoms with E-state index < -0.39 is 0 Å². The summed E-state index contributed by atoms with van der Waals surface area (Å²) in [4.78, 5) is 6.73. The minimum Gasteiger partial charge on any atom is -0.361 e. The number of hydrogen-bond donors (Lipinski definition) is 1. The molecule has 12 heavy (non-hydrogen) atoms. The minimum atomic E-state index is 0.638. The van der Waals surface area contributed by atoms with Crippen molar-refractivity contribution in [1.82, 2.24) is 10.2 Å². The highest BCUT2D eigenvalue weighted by Crippen LogP contribution is 2.13. The van der Waals surface area contributed by atoms with Gasteiger partial charge in [0.2, 0.25) is 0 Å². The Balaban J connectivity index is 1.79. The highest BCUT2D eigenvalue weighted by Gasteiger charge is 2.21. The summed E-state index contributed by atoms with van der Waals surface area (Å²) in [6, 6.07) is 0.638. The molecule has 0 amide bonds. The molecule has 2 aliphatic rings. The fourth-order valence-electron chi connectivity index (χ4n) is 1.65. The largest absolute Gasteiger partial charge is 0.361 e. The molecule has 2 aliphatic heterocycles. The number of rotatable bonds is 1. The standard InChI is InChI=1S/C8H15N3S/c1-11-4-2-7(6-11)10-8-9-3-5-12-8/h7H,2-6H2,1H3,(H,9,10). The van der Waals surface area contributed by atoms with Crippen molar-refractivity contribution in [1.29, 1.82) is 0 Å². The molecule has 2 heterocycles. The van der Waals surface area contributed by atoms with Gasteiger partial charge in [-0.05, 0) is 20.0 Å². The maximum absolute atomic E-state index is 4.37. The summed E-state index contributed by atoms with van der Waals surface area (Å²) in [5.74, 6) is 1.16. The van der Waals surface area contributed by atoms with E-state index >= 15 is 0 Å². The Morgan fingerprint density at radius 3 is 3.17 bits per heavy atom. The lowest BCUT2D eigenvalue weighted by Gasteiger charge is -2.12. The van der Waals surface area contributed by atoms with Crippen molar-refractivity contribution in [3.8, 4) is 0 Å². The number of thioether (sulfide) groups is 1. The van der Waals surface area contributed by atoms with Gasteiger partial charge in [0, 0.05) is 18.3 Å². The molecular formula is C8H15N3S. The van der Waals surface area contributed by atoms with E-state index in [1.165, 1.54) is 19.5 Å². The molecule has 2 rings (SSSR count). The summed E-state index contributed by atoms with van der Waals surface area (Å²) in [5.41, 5.74) is 0. The third-order valence-corrected chi connectivity index (χ3v) is 3.21. The second kappa shape index (κ2) is 3.66. The van der Waals surface area contributed by atoms with Crippen LogP contribution in [0.3, 0.4) is 0 Å². The average Bonchev–Trinajstić information content (AvgIpc) is 2.63. The van der Waals surface area contributed by atoms with Crippen LogP contribution in [0.25, 0.3) is 0 Å². The van der Waals surface area contributed by atoms with Crippen molar-refractivity contribution >= 4 is 16.9 Å². The van der Waals surface area contributed by atoms with Gasteiger partial charge in [0.15, 0.2) is 5.17 Å². The summed E-state index contributed by atoms with van der Waals surface area (Å²) in [6.45, 7) is 3.38. The van der Waals surface area contributed by atoms with Gasteiger partial charge in [0.25, 0.3) is 0 Å². The van der Waals surface area contributed by atoms with Crippen LogP contribution in [0.2, 0.25) is 0 Å². The van der Waals surface area contributed by atoms with Crippen LogP contribution in [-0.4, -0.2) is 48.5 Å². The number of hydrogen-bond acceptors (Lipinski definition) is 4. The highest BCUT2D eigenvalue weighted by molar-refractivity contribution is 8.14. The maximum Gasteiger partial charge on any atom is 0.156 e. The van der Waals surface area contributed by atoms with E-state index in [0.29, 0.717) is 6.04 Å². The van der Waals surface area contributed by atoms with Crippen LogP contribution in [0.15, 0.2) is 4.99 Å². The lowest BCUT2D eigenvalue weighted by atomic mass is 10.3. The molecule has 1 fully saturated rings. The Kier molecular flexibility index (Phi) is 2.56. The molecule has 1 N–H and O–H groups in total. The molecule has 0 aromatic carbocycles. The van der Waals surface area contributed by atoms with Gasteiger partial charge in [0.05, 0.1) is 6.54 Å². The van der Waals surface area contributed by atoms with Crippen molar-refractivity contribution < 1.29 is 0 Å². The quantitative estimate of drug-likeness (QED) is 0.640. The van der Waals surface area contributed by atoms with Crippen LogP contribution in [-0.2, 0) is 0 Å². The van der Waals surface area contributed by atoms with Crippen molar-refractivity contribution in [2.24, 2.45) is 4.99 Å². The lowest BCUT2D eigenvalue weighted by Crippen LogP contribution is -2.34. The average molecular weight is 185 g/mol. The molecule has 0 bridgehead atoms. The first-order valence-corrected chi connectivity index (χ1v) is 5.45. The van der Waals surface area contributed by atoms with E-state index in [-0.39, 0.29) is 0 Å². The monoisotopic (exact) mass is 185 g/mol. The Hall–Kier alpha value is -0.220. The van der Waals surface area contributed by atoms with Crippen molar-refractivity contribution in [2.45, 2.75) is 12.5 Å². The van der Waals surface area contributed by atoms with Crippen molar-refractivity contribution in [3.63, 3.8) is 0 Å². The van der Waals surface area contributed by atoms with Gasteiger partial charge in [-0.2, -0.15) is 0 Å². The predicted octanol–water partition coefficient (Wildman–Crippen LogP) is 0.383. The minimum absolute atomic E-state index is 0.638. The first kappa shape index (κ1) is 8.38. The second-order valence-electron chi connectivity index (χ2n) is 3.43. The number of nitrogens with one attached hydrogen (secondary N) is 1. The number of likely N-dealkylation sites (N-methyl/N-ethyl adjacent to an activating group) is 1. The predicted molar refractivity (Wildman–Crippen MR) is 53.8 cm³/mol. The zero-order valence-electron chi connectivity index (χ0n) is 7.42. The SMILES string of the molecule is CN1CCC(NC2=NCCS2)C1. The van der Waals surface area contributed by atoms with E-state index in [1.54, 1.807) is 0 Å². The molecular weight excluding hydrogens is 170 g/mol. The molecule has 0 saturated carbocycles. The maximum atomic E-state index is 4.37. The molecule has 1 atom stereocenters. The molecule has 1 saturated heterocycles. The van der Waals surface area contributed by atoms with Gasteiger partial charge < -0.3 is 10.2 Å². The van der Waals surface area contributed by atoms with Crippen LogP contribution in [0.1, 0.15) is 6.42 Å². The van der Waals surface area contributed by atoms with E-state index in [2.05, 4.69) is 22.3 Å². The van der Waals surface area contributed by atoms with Gasteiger partial charge in [-0.25, -0.2) is 0 Å². The Morgan fingerprint density at radius 1 is 1.67 bits per heavy atom. The van der Waals surface area contributed by atoms with Gasteiger partial charge in [0.1, 0.15) is 0 Å². The van der Waals surface area contributed by atoms with Crippen LogP contribution >= 0.6 is 11.8 Å². The van der Waals surface area contributed by atoms with E-state index in [9.17, 15) is 0 Å². The smallest absolute Gasteiger partial charge is 0.156 e. The van der Waals surface area contributed by atoms with E-state index in [4.69, 9.17) is 0 Å². The normalized spacial score (nSPS) is 30.8. The lowest BCUT2D eigenvalue weighted by molar-refractivity contribution is 0.407. The summed E-state index contributed by atoms with van der Waals surface area (Å²) in [7, 11) is 2.17. The fraction of sp³-hybridized carbons (Fsp3) is 0.875. The van der Waals surface area contributed by atoms with Gasteiger partial charge in [-0.1, -0.05) is 11.8 Å². The Labute approximate surface area is 77.6 Å². The summed E-state index contributed by atoms with van der Waals surface area (Å²) in [6.07, 6.45) is 1.26. The molecule has 0 spiro atoms. The summed E-state index contributed by atoms with van der Waals surface area (Å²) in [5, 5.41) is 4.64. The Bertz CT molecular complexity index is 193. The number of nitrogens with zero attached hydrogens (tertiary/aromatic N) is 2. The molecule has 1 unspecified atom stereocenters. The van der Waals surface area contributed by atoms with E-state index in [1.807, 2.05) is 11.8 Å². The third kappa shape index (κ3) is 1.93.